The van der Waals surface area contributed by atoms with Crippen LogP contribution in [0, 0.1) is 23.2 Å². The Kier molecular flexibility index (Phi) is 8.16. The molecule has 0 aliphatic heterocycles. The average Bonchev–Trinajstić information content (AvgIpc) is 2.34. The van der Waals surface area contributed by atoms with Crippen LogP contribution in [0.15, 0.2) is 0 Å². The largest absolute Gasteiger partial charge is 0.0654 e. The van der Waals surface area contributed by atoms with Gasteiger partial charge in [0.25, 0.3) is 0 Å². The lowest BCUT2D eigenvalue weighted by Crippen LogP contribution is -2.20. The van der Waals surface area contributed by atoms with Gasteiger partial charge in [-0.15, -0.1) is 0 Å². The van der Waals surface area contributed by atoms with E-state index in [0.29, 0.717) is 5.41 Å². The zero-order valence-corrected chi connectivity index (χ0v) is 13.5. The van der Waals surface area contributed by atoms with Crippen molar-refractivity contribution in [3.63, 3.8) is 0 Å². The van der Waals surface area contributed by atoms with Gasteiger partial charge in [-0.2, -0.15) is 0 Å². The van der Waals surface area contributed by atoms with Crippen LogP contribution in [-0.4, -0.2) is 0 Å². The molecule has 0 saturated heterocycles. The minimum Gasteiger partial charge on any atom is -0.0654 e. The molecule has 0 saturated carbocycles. The Morgan fingerprint density at radius 2 is 1.29 bits per heavy atom. The quantitative estimate of drug-likeness (QED) is 0.443. The Labute approximate surface area is 111 Å². The highest BCUT2D eigenvalue weighted by Crippen LogP contribution is 2.35. The molecule has 104 valence electrons. The summed E-state index contributed by atoms with van der Waals surface area (Å²) < 4.78 is 0. The molecule has 0 bridgehead atoms. The van der Waals surface area contributed by atoms with Crippen LogP contribution in [0.5, 0.6) is 0 Å². The lowest BCUT2D eigenvalue weighted by Gasteiger charge is -2.31. The smallest absolute Gasteiger partial charge is 0.0331 e. The van der Waals surface area contributed by atoms with Crippen molar-refractivity contribution in [3.8, 4) is 0 Å². The molecule has 0 rings (SSSR count). The molecule has 0 heteroatoms. The van der Waals surface area contributed by atoms with E-state index in [-0.39, 0.29) is 0 Å². The Hall–Kier alpha value is 0. The van der Waals surface area contributed by atoms with Gasteiger partial charge in [-0.3, -0.25) is 0 Å². The van der Waals surface area contributed by atoms with Gasteiger partial charge in [0.1, 0.15) is 0 Å². The highest BCUT2D eigenvalue weighted by molar-refractivity contribution is 4.75. The lowest BCUT2D eigenvalue weighted by molar-refractivity contribution is 0.198. The molecule has 0 radical (unpaired) electrons. The summed E-state index contributed by atoms with van der Waals surface area (Å²) in [5.41, 5.74) is 0.585. The zero-order chi connectivity index (χ0) is 13.5. The first-order valence-corrected chi connectivity index (χ1v) is 7.90. The molecule has 17 heavy (non-hydrogen) atoms. The third-order valence-electron chi connectivity index (χ3n) is 5.45. The highest BCUT2D eigenvalue weighted by Gasteiger charge is 2.23. The Morgan fingerprint density at radius 1 is 0.824 bits per heavy atom. The van der Waals surface area contributed by atoms with Crippen molar-refractivity contribution in [2.45, 2.75) is 87.0 Å². The van der Waals surface area contributed by atoms with E-state index in [1.54, 1.807) is 0 Å². The van der Waals surface area contributed by atoms with Crippen LogP contribution in [0.2, 0.25) is 0 Å². The summed E-state index contributed by atoms with van der Waals surface area (Å²) in [4.78, 5) is 0. The van der Waals surface area contributed by atoms with Crippen molar-refractivity contribution in [2.75, 3.05) is 0 Å². The standard InChI is InChI=1S/C17H36/c1-8-11-14(4)16(6)15(5)12-13-17(7,9-2)10-3/h14-16H,8-13H2,1-7H3. The molecule has 0 aromatic heterocycles. The maximum absolute atomic E-state index is 2.46. The molecule has 0 spiro atoms. The summed E-state index contributed by atoms with van der Waals surface area (Å²) in [5, 5.41) is 0. The predicted molar refractivity (Wildman–Crippen MR) is 80.3 cm³/mol. The van der Waals surface area contributed by atoms with Crippen LogP contribution < -0.4 is 0 Å². The minimum atomic E-state index is 0.585. The second kappa shape index (κ2) is 8.16. The van der Waals surface area contributed by atoms with Crippen molar-refractivity contribution < 1.29 is 0 Å². The van der Waals surface area contributed by atoms with Crippen molar-refractivity contribution in [1.82, 2.24) is 0 Å². The van der Waals surface area contributed by atoms with Crippen molar-refractivity contribution >= 4 is 0 Å². The van der Waals surface area contributed by atoms with Gasteiger partial charge in [-0.25, -0.2) is 0 Å². The summed E-state index contributed by atoms with van der Waals surface area (Å²) in [6.45, 7) is 16.8. The predicted octanol–water partition coefficient (Wildman–Crippen LogP) is 6.30. The number of hydrogen-bond donors (Lipinski definition) is 0. The second-order valence-electron chi connectivity index (χ2n) is 6.66. The molecule has 3 atom stereocenters. The van der Waals surface area contributed by atoms with Gasteiger partial charge in [0, 0.05) is 0 Å². The topological polar surface area (TPSA) is 0 Å². The first-order chi connectivity index (χ1) is 7.90. The third-order valence-corrected chi connectivity index (χ3v) is 5.45. The molecule has 0 nitrogen and oxygen atoms in total. The molecule has 0 aliphatic carbocycles. The Balaban J connectivity index is 4.12. The maximum Gasteiger partial charge on any atom is -0.0331 e. The molecular formula is C17H36. The molecule has 0 heterocycles. The van der Waals surface area contributed by atoms with Crippen molar-refractivity contribution in [2.24, 2.45) is 23.2 Å². The second-order valence-corrected chi connectivity index (χ2v) is 6.66. The van der Waals surface area contributed by atoms with E-state index in [0.717, 1.165) is 17.8 Å². The maximum atomic E-state index is 2.46. The first-order valence-electron chi connectivity index (χ1n) is 7.90. The van der Waals surface area contributed by atoms with E-state index in [9.17, 15) is 0 Å². The van der Waals surface area contributed by atoms with E-state index in [2.05, 4.69) is 48.5 Å². The molecule has 0 aromatic carbocycles. The van der Waals surface area contributed by atoms with E-state index in [1.165, 1.54) is 38.5 Å². The Morgan fingerprint density at radius 3 is 1.71 bits per heavy atom. The van der Waals surface area contributed by atoms with Crippen LogP contribution in [0.4, 0.5) is 0 Å². The van der Waals surface area contributed by atoms with E-state index >= 15 is 0 Å². The van der Waals surface area contributed by atoms with Crippen LogP contribution in [0.3, 0.4) is 0 Å². The molecule has 0 aliphatic rings. The van der Waals surface area contributed by atoms with Gasteiger partial charge >= 0.3 is 0 Å². The fourth-order valence-corrected chi connectivity index (χ4v) is 2.72. The summed E-state index contributed by atoms with van der Waals surface area (Å²) in [7, 11) is 0. The van der Waals surface area contributed by atoms with E-state index in [1.807, 2.05) is 0 Å². The lowest BCUT2D eigenvalue weighted by atomic mass is 9.74. The van der Waals surface area contributed by atoms with Crippen LogP contribution in [-0.2, 0) is 0 Å². The third kappa shape index (κ3) is 5.93. The van der Waals surface area contributed by atoms with Gasteiger partial charge < -0.3 is 0 Å². The van der Waals surface area contributed by atoms with Crippen molar-refractivity contribution in [1.29, 1.82) is 0 Å². The summed E-state index contributed by atoms with van der Waals surface area (Å²) in [6, 6.07) is 0. The van der Waals surface area contributed by atoms with Crippen molar-refractivity contribution in [3.05, 3.63) is 0 Å². The van der Waals surface area contributed by atoms with Gasteiger partial charge in [-0.1, -0.05) is 74.1 Å². The minimum absolute atomic E-state index is 0.585. The van der Waals surface area contributed by atoms with Gasteiger partial charge in [-0.05, 0) is 36.0 Å². The normalized spacial score (nSPS) is 17.8. The van der Waals surface area contributed by atoms with Gasteiger partial charge in [0.2, 0.25) is 0 Å². The van der Waals surface area contributed by atoms with Crippen LogP contribution in [0.1, 0.15) is 87.0 Å². The molecule has 0 N–H and O–H groups in total. The fourth-order valence-electron chi connectivity index (χ4n) is 2.72. The summed E-state index contributed by atoms with van der Waals surface area (Å²) >= 11 is 0. The monoisotopic (exact) mass is 240 g/mol. The molecule has 0 amide bonds. The molecule has 3 unspecified atom stereocenters. The summed E-state index contributed by atoms with van der Waals surface area (Å²) in [5.74, 6) is 2.66. The Bertz CT molecular complexity index is 178. The van der Waals surface area contributed by atoms with Gasteiger partial charge in [0.15, 0.2) is 0 Å². The fraction of sp³-hybridized carbons (Fsp3) is 1.00. The molecular weight excluding hydrogens is 204 g/mol. The highest BCUT2D eigenvalue weighted by atomic mass is 14.3. The summed E-state index contributed by atoms with van der Waals surface area (Å²) in [6.07, 6.45) is 8.20. The van der Waals surface area contributed by atoms with E-state index in [4.69, 9.17) is 0 Å². The SMILES string of the molecule is CCCC(C)C(C)C(C)CCC(C)(CC)CC. The van der Waals surface area contributed by atoms with E-state index < -0.39 is 0 Å². The number of rotatable bonds is 9. The zero-order valence-electron chi connectivity index (χ0n) is 13.5. The molecule has 0 aromatic rings. The van der Waals surface area contributed by atoms with Crippen LogP contribution >= 0.6 is 0 Å². The molecule has 0 fully saturated rings. The number of hydrogen-bond acceptors (Lipinski definition) is 0. The average molecular weight is 240 g/mol. The van der Waals surface area contributed by atoms with Gasteiger partial charge in [0.05, 0.1) is 0 Å². The first kappa shape index (κ1) is 17.0. The van der Waals surface area contributed by atoms with Crippen LogP contribution in [0.25, 0.3) is 0 Å².